The van der Waals surface area contributed by atoms with Gasteiger partial charge in [0, 0.05) is 49.8 Å². The SMILES string of the molecule is CC1(C)CC=C(c2cc([N+](=O)[O-])ccc2C(=O)Nc2nccc(N3CCC(F)(F)CC3)n2)CC1. The zero-order valence-electron chi connectivity index (χ0n) is 19.2. The number of hydrogen-bond donors (Lipinski definition) is 1. The standard InChI is InChI=1S/C24H27F2N5O3/c1-23(2)8-5-16(6-9-23)19-15-17(31(33)34)3-4-18(19)21(32)29-22-27-12-7-20(28-22)30-13-10-24(25,26)11-14-30/h3-5,7,12,15H,6,8-11,13-14H2,1-2H3,(H,27,28,29,32). The topological polar surface area (TPSA) is 101 Å². The number of hydrogen-bond acceptors (Lipinski definition) is 6. The van der Waals surface area contributed by atoms with Crippen LogP contribution in [0.25, 0.3) is 5.57 Å². The molecule has 0 atom stereocenters. The lowest BCUT2D eigenvalue weighted by Crippen LogP contribution is -2.39. The first kappa shape index (κ1) is 23.7. The number of carbonyl (C=O) groups excluding carboxylic acids is 1. The molecule has 1 fully saturated rings. The Kier molecular flexibility index (Phi) is 6.33. The first-order valence-electron chi connectivity index (χ1n) is 11.3. The van der Waals surface area contributed by atoms with Gasteiger partial charge < -0.3 is 4.90 Å². The number of non-ortho nitro benzene ring substituents is 1. The van der Waals surface area contributed by atoms with E-state index in [1.165, 1.54) is 24.4 Å². The van der Waals surface area contributed by atoms with Gasteiger partial charge in [0.05, 0.1) is 4.92 Å². The number of amides is 1. The number of nitro benzene ring substituents is 1. The molecule has 0 bridgehead atoms. The maximum absolute atomic E-state index is 13.5. The average Bonchev–Trinajstić information content (AvgIpc) is 2.79. The normalized spacial score (nSPS) is 19.3. The van der Waals surface area contributed by atoms with E-state index in [1.54, 1.807) is 11.0 Å². The largest absolute Gasteiger partial charge is 0.356 e. The van der Waals surface area contributed by atoms with Gasteiger partial charge in [-0.05, 0) is 47.9 Å². The van der Waals surface area contributed by atoms with Crippen LogP contribution in [-0.2, 0) is 0 Å². The molecule has 1 saturated heterocycles. The number of aromatic nitrogens is 2. The van der Waals surface area contributed by atoms with Gasteiger partial charge in [0.1, 0.15) is 5.82 Å². The molecule has 0 radical (unpaired) electrons. The van der Waals surface area contributed by atoms with Crippen molar-refractivity contribution < 1.29 is 18.5 Å². The van der Waals surface area contributed by atoms with Crippen LogP contribution in [0, 0.1) is 15.5 Å². The van der Waals surface area contributed by atoms with Gasteiger partial charge >= 0.3 is 0 Å². The van der Waals surface area contributed by atoms with Crippen LogP contribution in [0.15, 0.2) is 36.5 Å². The molecular formula is C24H27F2N5O3. The van der Waals surface area contributed by atoms with Crippen LogP contribution in [-0.4, -0.2) is 39.8 Å². The molecule has 2 heterocycles. The Balaban J connectivity index is 1.58. The van der Waals surface area contributed by atoms with Crippen molar-refractivity contribution in [2.45, 2.75) is 51.9 Å². The van der Waals surface area contributed by atoms with Crippen molar-refractivity contribution in [1.29, 1.82) is 0 Å². The average molecular weight is 472 g/mol. The van der Waals surface area contributed by atoms with E-state index in [2.05, 4.69) is 29.1 Å². The lowest BCUT2D eigenvalue weighted by Gasteiger charge is -2.32. The van der Waals surface area contributed by atoms with Crippen LogP contribution in [0.2, 0.25) is 0 Å². The summed E-state index contributed by atoms with van der Waals surface area (Å²) in [6.45, 7) is 4.65. The first-order valence-corrected chi connectivity index (χ1v) is 11.3. The fourth-order valence-corrected chi connectivity index (χ4v) is 4.25. The Hall–Kier alpha value is -3.43. The van der Waals surface area contributed by atoms with Gasteiger partial charge in [0.25, 0.3) is 17.5 Å². The van der Waals surface area contributed by atoms with Gasteiger partial charge in [-0.1, -0.05) is 19.9 Å². The minimum absolute atomic E-state index is 0.0443. The van der Waals surface area contributed by atoms with Crippen molar-refractivity contribution in [1.82, 2.24) is 9.97 Å². The van der Waals surface area contributed by atoms with Crippen LogP contribution in [0.4, 0.5) is 26.2 Å². The Morgan fingerprint density at radius 2 is 1.91 bits per heavy atom. The number of anilines is 2. The van der Waals surface area contributed by atoms with Gasteiger partial charge in [-0.15, -0.1) is 0 Å². The monoisotopic (exact) mass is 471 g/mol. The predicted molar refractivity (Wildman–Crippen MR) is 125 cm³/mol. The summed E-state index contributed by atoms with van der Waals surface area (Å²) >= 11 is 0. The van der Waals surface area contributed by atoms with Gasteiger partial charge in [-0.3, -0.25) is 20.2 Å². The number of piperidine rings is 1. The highest BCUT2D eigenvalue weighted by Gasteiger charge is 2.34. The molecule has 0 saturated carbocycles. The Morgan fingerprint density at radius 1 is 1.18 bits per heavy atom. The van der Waals surface area contributed by atoms with E-state index >= 15 is 0 Å². The molecule has 180 valence electrons. The van der Waals surface area contributed by atoms with E-state index in [-0.39, 0.29) is 43.0 Å². The highest BCUT2D eigenvalue weighted by molar-refractivity contribution is 6.07. The summed E-state index contributed by atoms with van der Waals surface area (Å²) in [5, 5.41) is 14.0. The van der Waals surface area contributed by atoms with Crippen molar-refractivity contribution >= 4 is 28.9 Å². The number of carbonyl (C=O) groups is 1. The van der Waals surface area contributed by atoms with E-state index < -0.39 is 16.8 Å². The molecule has 1 aliphatic carbocycles. The van der Waals surface area contributed by atoms with Gasteiger partial charge in [0.2, 0.25) is 5.95 Å². The van der Waals surface area contributed by atoms with E-state index in [9.17, 15) is 23.7 Å². The number of nitrogens with zero attached hydrogens (tertiary/aromatic N) is 4. The number of alkyl halides is 2. The lowest BCUT2D eigenvalue weighted by atomic mass is 9.76. The van der Waals surface area contributed by atoms with Crippen LogP contribution < -0.4 is 10.2 Å². The molecule has 2 aliphatic rings. The van der Waals surface area contributed by atoms with Gasteiger partial charge in [-0.25, -0.2) is 13.8 Å². The third-order valence-corrected chi connectivity index (χ3v) is 6.46. The minimum atomic E-state index is -2.67. The molecule has 10 heteroatoms. The second kappa shape index (κ2) is 9.08. The summed E-state index contributed by atoms with van der Waals surface area (Å²) < 4.78 is 27.0. The smallest absolute Gasteiger partial charge is 0.270 e. The molecule has 1 aliphatic heterocycles. The second-order valence-electron chi connectivity index (χ2n) is 9.62. The second-order valence-corrected chi connectivity index (χ2v) is 9.62. The minimum Gasteiger partial charge on any atom is -0.356 e. The van der Waals surface area contributed by atoms with Gasteiger partial charge in [-0.2, -0.15) is 4.98 Å². The third kappa shape index (κ3) is 5.37. The number of nitrogens with one attached hydrogen (secondary N) is 1. The summed E-state index contributed by atoms with van der Waals surface area (Å²) in [6.07, 6.45) is 5.43. The summed E-state index contributed by atoms with van der Waals surface area (Å²) in [4.78, 5) is 34.2. The quantitative estimate of drug-likeness (QED) is 0.459. The Bertz CT molecular complexity index is 1140. The van der Waals surface area contributed by atoms with Crippen molar-refractivity contribution in [3.63, 3.8) is 0 Å². The molecule has 1 aromatic carbocycles. The van der Waals surface area contributed by atoms with Crippen LogP contribution >= 0.6 is 0 Å². The highest BCUT2D eigenvalue weighted by Crippen LogP contribution is 2.39. The molecule has 2 aromatic rings. The summed E-state index contributed by atoms with van der Waals surface area (Å²) in [5.74, 6) is -2.65. The third-order valence-electron chi connectivity index (χ3n) is 6.46. The highest BCUT2D eigenvalue weighted by atomic mass is 19.3. The van der Waals surface area contributed by atoms with Crippen LogP contribution in [0.5, 0.6) is 0 Å². The van der Waals surface area contributed by atoms with Gasteiger partial charge in [0.15, 0.2) is 0 Å². The molecule has 1 amide bonds. The number of halogens is 2. The van der Waals surface area contributed by atoms with Crippen molar-refractivity contribution in [2.75, 3.05) is 23.3 Å². The Morgan fingerprint density at radius 3 is 2.56 bits per heavy atom. The number of benzene rings is 1. The van der Waals surface area contributed by atoms with Crippen molar-refractivity contribution in [3.05, 3.63) is 57.8 Å². The molecule has 34 heavy (non-hydrogen) atoms. The van der Waals surface area contributed by atoms with Crippen molar-refractivity contribution in [2.24, 2.45) is 5.41 Å². The molecule has 8 nitrogen and oxygen atoms in total. The summed E-state index contributed by atoms with van der Waals surface area (Å²) in [7, 11) is 0. The predicted octanol–water partition coefficient (Wildman–Crippen LogP) is 5.47. The fraction of sp³-hybridized carbons (Fsp3) is 0.458. The zero-order chi connectivity index (χ0) is 24.5. The van der Waals surface area contributed by atoms with Crippen LogP contribution in [0.1, 0.15) is 61.9 Å². The molecule has 1 aromatic heterocycles. The number of rotatable bonds is 5. The van der Waals surface area contributed by atoms with Crippen LogP contribution in [0.3, 0.4) is 0 Å². The number of nitro groups is 1. The summed E-state index contributed by atoms with van der Waals surface area (Å²) in [5.41, 5.74) is 1.77. The lowest BCUT2D eigenvalue weighted by molar-refractivity contribution is -0.384. The first-order chi connectivity index (χ1) is 16.0. The molecular weight excluding hydrogens is 444 g/mol. The molecule has 0 unspecified atom stereocenters. The molecule has 0 spiro atoms. The molecule has 1 N–H and O–H groups in total. The van der Waals surface area contributed by atoms with E-state index in [1.807, 2.05) is 6.08 Å². The number of allylic oxidation sites excluding steroid dienone is 2. The zero-order valence-corrected chi connectivity index (χ0v) is 19.2. The van der Waals surface area contributed by atoms with E-state index in [0.29, 0.717) is 23.4 Å². The Labute approximate surface area is 196 Å². The maximum Gasteiger partial charge on any atom is 0.270 e. The van der Waals surface area contributed by atoms with Crippen molar-refractivity contribution in [3.8, 4) is 0 Å². The summed E-state index contributed by atoms with van der Waals surface area (Å²) in [6, 6.07) is 5.80. The van der Waals surface area contributed by atoms with E-state index in [0.717, 1.165) is 18.4 Å². The maximum atomic E-state index is 13.5. The molecule has 4 rings (SSSR count). The van der Waals surface area contributed by atoms with E-state index in [4.69, 9.17) is 0 Å². The fourth-order valence-electron chi connectivity index (χ4n) is 4.25.